The van der Waals surface area contributed by atoms with E-state index in [1.165, 1.54) is 44.1 Å². The first-order valence-electron chi connectivity index (χ1n) is 11.7. The summed E-state index contributed by atoms with van der Waals surface area (Å²) < 4.78 is 5.60. The summed E-state index contributed by atoms with van der Waals surface area (Å²) in [4.78, 5) is 11.4. The van der Waals surface area contributed by atoms with Gasteiger partial charge in [0.2, 0.25) is 0 Å². The van der Waals surface area contributed by atoms with E-state index in [1.807, 2.05) is 6.92 Å². The van der Waals surface area contributed by atoms with Crippen LogP contribution in [0.3, 0.4) is 0 Å². The Bertz CT molecular complexity index is 640. The monoisotopic (exact) mass is 388 g/mol. The van der Waals surface area contributed by atoms with Crippen molar-refractivity contribution < 1.29 is 14.6 Å². The lowest BCUT2D eigenvalue weighted by Crippen LogP contribution is -2.55. The molecule has 0 aliphatic heterocycles. The average Bonchev–Trinajstić information content (AvgIpc) is 3.03. The van der Waals surface area contributed by atoms with Crippen molar-refractivity contribution in [3.63, 3.8) is 0 Å². The molecule has 28 heavy (non-hydrogen) atoms. The van der Waals surface area contributed by atoms with Gasteiger partial charge in [-0.2, -0.15) is 0 Å². The van der Waals surface area contributed by atoms with Crippen LogP contribution in [-0.4, -0.2) is 23.3 Å². The molecule has 0 spiro atoms. The van der Waals surface area contributed by atoms with E-state index in [0.717, 1.165) is 31.1 Å². The second kappa shape index (κ2) is 7.15. The van der Waals surface area contributed by atoms with Crippen molar-refractivity contribution in [2.24, 2.45) is 40.4 Å². The highest BCUT2D eigenvalue weighted by molar-refractivity contribution is 5.66. The lowest BCUT2D eigenvalue weighted by Gasteiger charge is -2.62. The van der Waals surface area contributed by atoms with E-state index in [-0.39, 0.29) is 23.6 Å². The van der Waals surface area contributed by atoms with E-state index in [1.54, 1.807) is 6.92 Å². The third-order valence-corrected chi connectivity index (χ3v) is 9.90. The number of carbonyl (C=O) groups excluding carboxylic acids is 1. The van der Waals surface area contributed by atoms with Gasteiger partial charge in [0.15, 0.2) is 0 Å². The maximum absolute atomic E-state index is 11.4. The lowest BCUT2D eigenvalue weighted by molar-refractivity contribution is -0.160. The number of ether oxygens (including phenoxy) is 1. The summed E-state index contributed by atoms with van der Waals surface area (Å²) in [5, 5.41) is 10.6. The highest BCUT2D eigenvalue weighted by atomic mass is 16.5. The fourth-order valence-corrected chi connectivity index (χ4v) is 8.80. The predicted molar refractivity (Wildman–Crippen MR) is 112 cm³/mol. The van der Waals surface area contributed by atoms with E-state index >= 15 is 0 Å². The molecule has 1 N–H and O–H groups in total. The topological polar surface area (TPSA) is 46.5 Å². The number of rotatable bonds is 3. The summed E-state index contributed by atoms with van der Waals surface area (Å²) in [6.45, 7) is 12.8. The van der Waals surface area contributed by atoms with Gasteiger partial charge in [0.1, 0.15) is 6.10 Å². The molecule has 0 aromatic carbocycles. The molecule has 4 saturated carbocycles. The van der Waals surface area contributed by atoms with E-state index in [4.69, 9.17) is 4.74 Å². The SMILES string of the molecule is C=C(C)[C@]12CC[C@H]3[C@@H](CC[C@H]4C[C@H](OC(C)=O)CC[C@@]43C)[C@@H]1CCC2[C@@H](C)O. The number of esters is 1. The molecule has 0 saturated heterocycles. The van der Waals surface area contributed by atoms with Gasteiger partial charge >= 0.3 is 5.97 Å². The molecule has 158 valence electrons. The zero-order chi connectivity index (χ0) is 20.3. The second-order valence-corrected chi connectivity index (χ2v) is 10.9. The maximum Gasteiger partial charge on any atom is 0.302 e. The van der Waals surface area contributed by atoms with Crippen LogP contribution in [0, 0.1) is 40.4 Å². The molecule has 0 amide bonds. The van der Waals surface area contributed by atoms with Crippen LogP contribution in [0.1, 0.15) is 85.5 Å². The number of fused-ring (bicyclic) bond motifs is 5. The zero-order valence-corrected chi connectivity index (χ0v) is 18.4. The highest BCUT2D eigenvalue weighted by Gasteiger charge is 2.62. The van der Waals surface area contributed by atoms with Gasteiger partial charge in [-0.15, -0.1) is 0 Å². The first kappa shape index (κ1) is 20.4. The Morgan fingerprint density at radius 1 is 1.07 bits per heavy atom. The number of hydrogen-bond donors (Lipinski definition) is 1. The molecular formula is C25H40O3. The molecule has 4 aliphatic carbocycles. The van der Waals surface area contributed by atoms with Gasteiger partial charge in [-0.3, -0.25) is 4.79 Å². The van der Waals surface area contributed by atoms with Crippen molar-refractivity contribution in [3.05, 3.63) is 12.2 Å². The van der Waals surface area contributed by atoms with Crippen molar-refractivity contribution in [2.45, 2.75) is 97.7 Å². The predicted octanol–water partition coefficient (Wildman–Crippen LogP) is 5.51. The van der Waals surface area contributed by atoms with Crippen molar-refractivity contribution in [2.75, 3.05) is 0 Å². The minimum Gasteiger partial charge on any atom is -0.463 e. The summed E-state index contributed by atoms with van der Waals surface area (Å²) in [6, 6.07) is 0. The summed E-state index contributed by atoms with van der Waals surface area (Å²) in [5.41, 5.74) is 1.88. The first-order valence-corrected chi connectivity index (χ1v) is 11.7. The molecular weight excluding hydrogens is 348 g/mol. The third kappa shape index (κ3) is 2.90. The van der Waals surface area contributed by atoms with Crippen LogP contribution in [0.4, 0.5) is 0 Å². The number of carbonyl (C=O) groups is 1. The molecule has 3 heteroatoms. The minimum atomic E-state index is -0.232. The fourth-order valence-electron chi connectivity index (χ4n) is 8.80. The zero-order valence-electron chi connectivity index (χ0n) is 18.4. The van der Waals surface area contributed by atoms with Crippen molar-refractivity contribution >= 4 is 5.97 Å². The molecule has 0 bridgehead atoms. The number of hydrogen-bond acceptors (Lipinski definition) is 3. The number of allylic oxidation sites excluding steroid dienone is 1. The molecule has 0 radical (unpaired) electrons. The molecule has 1 unspecified atom stereocenters. The van der Waals surface area contributed by atoms with Crippen molar-refractivity contribution in [1.82, 2.24) is 0 Å². The van der Waals surface area contributed by atoms with Gasteiger partial charge in [-0.05, 0) is 112 Å². The first-order chi connectivity index (χ1) is 13.2. The van der Waals surface area contributed by atoms with Crippen LogP contribution in [0.5, 0.6) is 0 Å². The molecule has 4 fully saturated rings. The Kier molecular flexibility index (Phi) is 5.22. The van der Waals surface area contributed by atoms with Crippen LogP contribution >= 0.6 is 0 Å². The quantitative estimate of drug-likeness (QED) is 0.512. The van der Waals surface area contributed by atoms with Crippen LogP contribution in [-0.2, 0) is 9.53 Å². The Hall–Kier alpha value is -0.830. The van der Waals surface area contributed by atoms with E-state index in [9.17, 15) is 9.90 Å². The van der Waals surface area contributed by atoms with E-state index in [0.29, 0.717) is 23.2 Å². The van der Waals surface area contributed by atoms with E-state index in [2.05, 4.69) is 20.4 Å². The fraction of sp³-hybridized carbons (Fsp3) is 0.880. The summed E-state index contributed by atoms with van der Waals surface area (Å²) >= 11 is 0. The molecule has 4 aliphatic rings. The standard InChI is InChI=1S/C25H40O3/c1-15(2)25-13-11-22-20(23(25)9-8-21(25)16(3)26)7-6-18-14-19(28-17(4)27)10-12-24(18,22)5/h16,18-23,26H,1,6-14H2,2-5H3/t16-,18+,19-,20-,21?,22+,23+,24+,25+/m1/s1. The van der Waals surface area contributed by atoms with Crippen LogP contribution < -0.4 is 0 Å². The van der Waals surface area contributed by atoms with Crippen molar-refractivity contribution in [1.29, 1.82) is 0 Å². The molecule has 4 rings (SSSR count). The van der Waals surface area contributed by atoms with Crippen LogP contribution in [0.15, 0.2) is 12.2 Å². The van der Waals surface area contributed by atoms with Gasteiger partial charge < -0.3 is 9.84 Å². The summed E-state index contributed by atoms with van der Waals surface area (Å²) in [6.07, 6.45) is 10.7. The van der Waals surface area contributed by atoms with Gasteiger partial charge in [0.25, 0.3) is 0 Å². The average molecular weight is 389 g/mol. The van der Waals surface area contributed by atoms with Crippen LogP contribution in [0.25, 0.3) is 0 Å². The largest absolute Gasteiger partial charge is 0.463 e. The minimum absolute atomic E-state index is 0.124. The smallest absolute Gasteiger partial charge is 0.302 e. The van der Waals surface area contributed by atoms with Crippen LogP contribution in [0.2, 0.25) is 0 Å². The number of aliphatic hydroxyl groups is 1. The van der Waals surface area contributed by atoms with Crippen molar-refractivity contribution in [3.8, 4) is 0 Å². The molecule has 0 aromatic heterocycles. The normalized spacial score (nSPS) is 48.8. The lowest BCUT2D eigenvalue weighted by atomic mass is 9.43. The Morgan fingerprint density at radius 2 is 1.82 bits per heavy atom. The van der Waals surface area contributed by atoms with Gasteiger partial charge in [0.05, 0.1) is 6.10 Å². The van der Waals surface area contributed by atoms with Gasteiger partial charge in [0, 0.05) is 6.92 Å². The Morgan fingerprint density at radius 3 is 2.46 bits per heavy atom. The molecule has 0 heterocycles. The number of aliphatic hydroxyl groups excluding tert-OH is 1. The van der Waals surface area contributed by atoms with Gasteiger partial charge in [-0.1, -0.05) is 19.1 Å². The highest BCUT2D eigenvalue weighted by Crippen LogP contribution is 2.69. The third-order valence-electron chi connectivity index (χ3n) is 9.90. The second-order valence-electron chi connectivity index (χ2n) is 10.9. The van der Waals surface area contributed by atoms with Gasteiger partial charge in [-0.25, -0.2) is 0 Å². The van der Waals surface area contributed by atoms with E-state index < -0.39 is 0 Å². The summed E-state index contributed by atoms with van der Waals surface area (Å²) in [7, 11) is 0. The molecule has 0 aromatic rings. The Balaban J connectivity index is 1.58. The Labute approximate surface area is 171 Å². The molecule has 9 atom stereocenters. The summed E-state index contributed by atoms with van der Waals surface area (Å²) in [5.74, 6) is 3.23. The maximum atomic E-state index is 11.4. The molecule has 3 nitrogen and oxygen atoms in total.